The molecular weight excluding hydrogens is 342 g/mol. The Bertz CT molecular complexity index is 765. The molecule has 1 aromatic carbocycles. The van der Waals surface area contributed by atoms with E-state index in [-0.39, 0.29) is 29.5 Å². The molecule has 1 amide bonds. The van der Waals surface area contributed by atoms with E-state index < -0.39 is 6.61 Å². The third kappa shape index (κ3) is 4.19. The number of carbonyl (C=O) groups excluding carboxylic acids is 1. The van der Waals surface area contributed by atoms with Gasteiger partial charge in [-0.2, -0.15) is 13.9 Å². The first-order valence-electron chi connectivity index (χ1n) is 8.48. The van der Waals surface area contributed by atoms with E-state index in [1.54, 1.807) is 23.0 Å². The molecule has 1 saturated heterocycles. The summed E-state index contributed by atoms with van der Waals surface area (Å²) in [5, 5.41) is 10.4. The van der Waals surface area contributed by atoms with E-state index >= 15 is 0 Å². The predicted molar refractivity (Wildman–Crippen MR) is 91.9 cm³/mol. The topological polar surface area (TPSA) is 68.2 Å². The first kappa shape index (κ1) is 18.3. The van der Waals surface area contributed by atoms with Crippen molar-refractivity contribution in [1.29, 1.82) is 0 Å². The highest BCUT2D eigenvalue weighted by molar-refractivity contribution is 5.81. The second-order valence-corrected chi connectivity index (χ2v) is 6.50. The van der Waals surface area contributed by atoms with Crippen molar-refractivity contribution < 1.29 is 18.3 Å². The van der Waals surface area contributed by atoms with Gasteiger partial charge in [-0.15, -0.1) is 0 Å². The van der Waals surface area contributed by atoms with Gasteiger partial charge in [-0.1, -0.05) is 12.1 Å². The Morgan fingerprint density at radius 1 is 1.42 bits per heavy atom. The molecule has 0 spiro atoms. The van der Waals surface area contributed by atoms with Gasteiger partial charge in [-0.3, -0.25) is 9.48 Å². The number of nitrogens with one attached hydrogen (secondary N) is 2. The average Bonchev–Trinajstić information content (AvgIpc) is 3.23. The number of ether oxygens (including phenoxy) is 1. The molecule has 2 aromatic rings. The molecule has 0 saturated carbocycles. The molecule has 26 heavy (non-hydrogen) atoms. The smallest absolute Gasteiger partial charge is 0.387 e. The van der Waals surface area contributed by atoms with Gasteiger partial charge in [0.25, 0.3) is 0 Å². The van der Waals surface area contributed by atoms with Crippen LogP contribution in [0.4, 0.5) is 8.78 Å². The van der Waals surface area contributed by atoms with Crippen molar-refractivity contribution in [2.45, 2.75) is 25.5 Å². The number of halogens is 2. The van der Waals surface area contributed by atoms with Crippen molar-refractivity contribution in [3.8, 4) is 5.75 Å². The summed E-state index contributed by atoms with van der Waals surface area (Å²) < 4.78 is 30.9. The summed E-state index contributed by atoms with van der Waals surface area (Å²) in [6, 6.07) is 6.06. The van der Waals surface area contributed by atoms with Crippen LogP contribution < -0.4 is 15.4 Å². The lowest BCUT2D eigenvalue weighted by atomic mass is 9.90. The minimum absolute atomic E-state index is 0.0596. The third-order valence-corrected chi connectivity index (χ3v) is 4.65. The number of nitrogens with zero attached hydrogens (tertiary/aromatic N) is 2. The monoisotopic (exact) mass is 364 g/mol. The van der Waals surface area contributed by atoms with Crippen LogP contribution in [0.3, 0.4) is 0 Å². The van der Waals surface area contributed by atoms with E-state index in [9.17, 15) is 13.6 Å². The SMILES string of the molecule is CC(NC(=O)[C@H]1CNC[C@@H]1c1cnn(C)c1)c1cccc(OC(F)F)c1. The van der Waals surface area contributed by atoms with Crippen molar-refractivity contribution in [3.05, 3.63) is 47.8 Å². The minimum atomic E-state index is -2.88. The van der Waals surface area contributed by atoms with Crippen molar-refractivity contribution in [2.75, 3.05) is 13.1 Å². The van der Waals surface area contributed by atoms with Crippen LogP contribution in [0.5, 0.6) is 5.75 Å². The van der Waals surface area contributed by atoms with Crippen molar-refractivity contribution >= 4 is 5.91 Å². The number of rotatable bonds is 6. The molecule has 0 aliphatic carbocycles. The van der Waals surface area contributed by atoms with Gasteiger partial charge in [0.2, 0.25) is 5.91 Å². The summed E-state index contributed by atoms with van der Waals surface area (Å²) in [5.74, 6) is -0.141. The molecule has 2 N–H and O–H groups in total. The summed E-state index contributed by atoms with van der Waals surface area (Å²) in [4.78, 5) is 12.8. The Kier molecular flexibility index (Phi) is 5.51. The summed E-state index contributed by atoms with van der Waals surface area (Å²) >= 11 is 0. The summed E-state index contributed by atoms with van der Waals surface area (Å²) in [6.45, 7) is 0.253. The highest BCUT2D eigenvalue weighted by Crippen LogP contribution is 2.29. The minimum Gasteiger partial charge on any atom is -0.435 e. The zero-order valence-electron chi connectivity index (χ0n) is 14.7. The van der Waals surface area contributed by atoms with Crippen molar-refractivity contribution in [3.63, 3.8) is 0 Å². The maximum atomic E-state index is 12.8. The van der Waals surface area contributed by atoms with E-state index in [1.165, 1.54) is 12.1 Å². The molecule has 1 aliphatic rings. The normalized spacial score (nSPS) is 21.0. The molecule has 1 fully saturated rings. The van der Waals surface area contributed by atoms with Crippen LogP contribution >= 0.6 is 0 Å². The Morgan fingerprint density at radius 2 is 2.23 bits per heavy atom. The number of aromatic nitrogens is 2. The van der Waals surface area contributed by atoms with E-state index in [4.69, 9.17) is 0 Å². The van der Waals surface area contributed by atoms with Gasteiger partial charge in [-0.25, -0.2) is 0 Å². The molecule has 3 rings (SSSR count). The van der Waals surface area contributed by atoms with Crippen LogP contribution in [0.2, 0.25) is 0 Å². The molecule has 2 heterocycles. The number of aryl methyl sites for hydroxylation is 1. The standard InChI is InChI=1S/C18H22F2N4O2/c1-11(12-4-3-5-14(6-12)26-18(19)20)23-17(25)16-9-21-8-15(16)13-7-22-24(2)10-13/h3-7,10-11,15-16,18,21H,8-9H2,1-2H3,(H,23,25)/t11?,15-,16+/m1/s1. The van der Waals surface area contributed by atoms with Gasteiger partial charge < -0.3 is 15.4 Å². The first-order valence-corrected chi connectivity index (χ1v) is 8.48. The zero-order valence-corrected chi connectivity index (χ0v) is 14.7. The van der Waals surface area contributed by atoms with E-state index in [1.807, 2.05) is 20.2 Å². The first-order chi connectivity index (χ1) is 12.4. The average molecular weight is 364 g/mol. The fraction of sp³-hybridized carbons (Fsp3) is 0.444. The number of hydrogen-bond acceptors (Lipinski definition) is 4. The molecule has 1 unspecified atom stereocenters. The fourth-order valence-electron chi connectivity index (χ4n) is 3.30. The molecular formula is C18H22F2N4O2. The molecule has 3 atom stereocenters. The van der Waals surface area contributed by atoms with Crippen molar-refractivity contribution in [2.24, 2.45) is 13.0 Å². The number of benzene rings is 1. The highest BCUT2D eigenvalue weighted by Gasteiger charge is 2.35. The summed E-state index contributed by atoms with van der Waals surface area (Å²) in [6.07, 6.45) is 3.71. The Balaban J connectivity index is 1.67. The number of amides is 1. The maximum absolute atomic E-state index is 12.8. The highest BCUT2D eigenvalue weighted by atomic mass is 19.3. The number of hydrogen-bond donors (Lipinski definition) is 2. The molecule has 6 nitrogen and oxygen atoms in total. The fourth-order valence-corrected chi connectivity index (χ4v) is 3.30. The Morgan fingerprint density at radius 3 is 2.92 bits per heavy atom. The maximum Gasteiger partial charge on any atom is 0.387 e. The van der Waals surface area contributed by atoms with Crippen molar-refractivity contribution in [1.82, 2.24) is 20.4 Å². The zero-order chi connectivity index (χ0) is 18.7. The van der Waals surface area contributed by atoms with Gasteiger partial charge in [-0.05, 0) is 30.2 Å². The molecule has 0 radical (unpaired) electrons. The van der Waals surface area contributed by atoms with Crippen LogP contribution in [0.1, 0.15) is 30.0 Å². The lowest BCUT2D eigenvalue weighted by Crippen LogP contribution is -2.36. The third-order valence-electron chi connectivity index (χ3n) is 4.65. The van der Waals surface area contributed by atoms with Crippen LogP contribution in [-0.4, -0.2) is 35.4 Å². The van der Waals surface area contributed by atoms with Gasteiger partial charge in [0.15, 0.2) is 0 Å². The van der Waals surface area contributed by atoms with Crippen LogP contribution in [0, 0.1) is 5.92 Å². The quantitative estimate of drug-likeness (QED) is 0.825. The number of carbonyl (C=O) groups is 1. The van der Waals surface area contributed by atoms with Gasteiger partial charge in [0.05, 0.1) is 18.2 Å². The van der Waals surface area contributed by atoms with Crippen LogP contribution in [0.15, 0.2) is 36.7 Å². The summed E-state index contributed by atoms with van der Waals surface area (Å²) in [5.41, 5.74) is 1.73. The second kappa shape index (κ2) is 7.82. The van der Waals surface area contributed by atoms with E-state index in [0.717, 1.165) is 12.1 Å². The molecule has 0 bridgehead atoms. The lowest BCUT2D eigenvalue weighted by Gasteiger charge is -2.21. The van der Waals surface area contributed by atoms with E-state index in [0.29, 0.717) is 12.1 Å². The predicted octanol–water partition coefficient (Wildman–Crippen LogP) is 2.20. The molecule has 140 valence electrons. The molecule has 8 heteroatoms. The molecule has 1 aromatic heterocycles. The summed E-state index contributed by atoms with van der Waals surface area (Å²) in [7, 11) is 1.84. The lowest BCUT2D eigenvalue weighted by molar-refractivity contribution is -0.125. The Hall–Kier alpha value is -2.48. The van der Waals surface area contributed by atoms with Crippen LogP contribution in [-0.2, 0) is 11.8 Å². The largest absolute Gasteiger partial charge is 0.435 e. The van der Waals surface area contributed by atoms with Crippen LogP contribution in [0.25, 0.3) is 0 Å². The van der Waals surface area contributed by atoms with Gasteiger partial charge >= 0.3 is 6.61 Å². The van der Waals surface area contributed by atoms with Gasteiger partial charge in [0, 0.05) is 32.3 Å². The van der Waals surface area contributed by atoms with Gasteiger partial charge in [0.1, 0.15) is 5.75 Å². The molecule has 1 aliphatic heterocycles. The Labute approximate surface area is 150 Å². The van der Waals surface area contributed by atoms with E-state index in [2.05, 4.69) is 20.5 Å². The second-order valence-electron chi connectivity index (χ2n) is 6.50. The number of alkyl halides is 2.